The monoisotopic (exact) mass is 459 g/mol. The number of hydrogen-bond donors (Lipinski definition) is 2. The maximum Gasteiger partial charge on any atom is 0.163 e. The number of phenols is 1. The highest BCUT2D eigenvalue weighted by atomic mass is 32.2. The normalized spacial score (nSPS) is 12.9. The van der Waals surface area contributed by atoms with E-state index in [1.165, 1.54) is 6.92 Å². The van der Waals surface area contributed by atoms with Crippen molar-refractivity contribution in [2.45, 2.75) is 57.5 Å². The molecule has 0 radical (unpaired) electrons. The van der Waals surface area contributed by atoms with Gasteiger partial charge in [-0.2, -0.15) is 0 Å². The Bertz CT molecular complexity index is 927. The van der Waals surface area contributed by atoms with Gasteiger partial charge in [0, 0.05) is 22.2 Å². The largest absolute Gasteiger partial charge is 0.550 e. The molecule has 174 valence electrons. The molecule has 0 bridgehead atoms. The molecule has 0 aliphatic rings. The van der Waals surface area contributed by atoms with Gasteiger partial charge in [-0.25, -0.2) is 0 Å². The molecule has 0 amide bonds. The highest BCUT2D eigenvalue weighted by molar-refractivity contribution is 7.99. The third kappa shape index (κ3) is 7.28. The second-order valence-corrected chi connectivity index (χ2v) is 9.03. The summed E-state index contributed by atoms with van der Waals surface area (Å²) in [6, 6.07) is 10.8. The summed E-state index contributed by atoms with van der Waals surface area (Å²) in [6.45, 7) is 5.59. The molecular formula is C25H31O6S-. The lowest BCUT2D eigenvalue weighted by molar-refractivity contribution is -0.307. The van der Waals surface area contributed by atoms with E-state index in [4.69, 9.17) is 4.74 Å². The van der Waals surface area contributed by atoms with Gasteiger partial charge in [-0.05, 0) is 61.9 Å². The maximum atomic E-state index is 11.7. The summed E-state index contributed by atoms with van der Waals surface area (Å²) < 4.78 is 5.89. The highest BCUT2D eigenvalue weighted by Gasteiger charge is 2.17. The number of aromatic hydroxyl groups is 1. The number of ketones is 1. The molecule has 2 N–H and O–H groups in total. The summed E-state index contributed by atoms with van der Waals surface area (Å²) in [5, 5.41) is 31.6. The summed E-state index contributed by atoms with van der Waals surface area (Å²) in [5.41, 5.74) is 1.66. The van der Waals surface area contributed by atoms with Crippen molar-refractivity contribution in [2.75, 3.05) is 12.4 Å². The second-order valence-electron chi connectivity index (χ2n) is 7.87. The zero-order chi connectivity index (χ0) is 23.7. The minimum Gasteiger partial charge on any atom is -0.550 e. The van der Waals surface area contributed by atoms with Crippen LogP contribution in [0.1, 0.15) is 67.6 Å². The summed E-state index contributed by atoms with van der Waals surface area (Å²) in [6.07, 6.45) is 1.16. The van der Waals surface area contributed by atoms with Gasteiger partial charge in [-0.15, -0.1) is 11.8 Å². The molecule has 0 aliphatic carbocycles. The van der Waals surface area contributed by atoms with Gasteiger partial charge in [0.25, 0.3) is 0 Å². The third-order valence-corrected chi connectivity index (χ3v) is 6.24. The number of rotatable bonds is 13. The molecule has 0 fully saturated rings. The van der Waals surface area contributed by atoms with Gasteiger partial charge in [0.2, 0.25) is 0 Å². The third-order valence-electron chi connectivity index (χ3n) is 5.16. The fourth-order valence-electron chi connectivity index (χ4n) is 3.45. The molecule has 0 aliphatic heterocycles. The highest BCUT2D eigenvalue weighted by Crippen LogP contribution is 2.33. The molecule has 2 aromatic rings. The lowest BCUT2D eigenvalue weighted by Gasteiger charge is -2.20. The van der Waals surface area contributed by atoms with E-state index in [-0.39, 0.29) is 18.0 Å². The van der Waals surface area contributed by atoms with E-state index in [0.717, 1.165) is 23.5 Å². The number of aliphatic hydroxyl groups is 1. The first kappa shape index (κ1) is 25.7. The molecule has 2 unspecified atom stereocenters. The number of carboxylic acids is 1. The molecule has 2 atom stereocenters. The minimum absolute atomic E-state index is 0.00880. The maximum absolute atomic E-state index is 11.7. The zero-order valence-corrected chi connectivity index (χ0v) is 19.6. The van der Waals surface area contributed by atoms with Crippen LogP contribution in [0.25, 0.3) is 0 Å². The van der Waals surface area contributed by atoms with E-state index in [2.05, 4.69) is 0 Å². The molecule has 2 rings (SSSR count). The smallest absolute Gasteiger partial charge is 0.163 e. The lowest BCUT2D eigenvalue weighted by atomic mass is 9.95. The van der Waals surface area contributed by atoms with Gasteiger partial charge in [0.05, 0.1) is 18.3 Å². The second kappa shape index (κ2) is 12.5. The van der Waals surface area contributed by atoms with Gasteiger partial charge < -0.3 is 24.9 Å². The van der Waals surface area contributed by atoms with Crippen LogP contribution in [0.4, 0.5) is 0 Å². The van der Waals surface area contributed by atoms with Gasteiger partial charge in [-0.1, -0.05) is 32.4 Å². The van der Waals surface area contributed by atoms with Crippen molar-refractivity contribution in [2.24, 2.45) is 5.92 Å². The number of ether oxygens (including phenoxy) is 1. The summed E-state index contributed by atoms with van der Waals surface area (Å²) in [5.74, 6) is -0.385. The van der Waals surface area contributed by atoms with E-state index in [0.29, 0.717) is 35.5 Å². The molecule has 0 spiro atoms. The number of thioether (sulfide) groups is 1. The van der Waals surface area contributed by atoms with Crippen LogP contribution < -0.4 is 9.84 Å². The van der Waals surface area contributed by atoms with Gasteiger partial charge in [0.15, 0.2) is 5.78 Å². The summed E-state index contributed by atoms with van der Waals surface area (Å²) in [4.78, 5) is 23.4. The molecule has 0 aromatic heterocycles. The Morgan fingerprint density at radius 2 is 1.97 bits per heavy atom. The van der Waals surface area contributed by atoms with Gasteiger partial charge >= 0.3 is 0 Å². The van der Waals surface area contributed by atoms with Gasteiger partial charge in [-0.3, -0.25) is 4.79 Å². The molecule has 6 nitrogen and oxygen atoms in total. The quantitative estimate of drug-likeness (QED) is 0.266. The number of carbonyl (C=O) groups is 2. The first-order valence-corrected chi connectivity index (χ1v) is 11.8. The Kier molecular flexibility index (Phi) is 10.1. The van der Waals surface area contributed by atoms with Crippen molar-refractivity contribution in [3.05, 3.63) is 53.1 Å². The first-order valence-electron chi connectivity index (χ1n) is 10.8. The predicted octanol–water partition coefficient (Wildman–Crippen LogP) is 3.92. The first-order chi connectivity index (χ1) is 15.2. The molecule has 7 heteroatoms. The van der Waals surface area contributed by atoms with Crippen molar-refractivity contribution in [3.8, 4) is 11.5 Å². The van der Waals surface area contributed by atoms with Crippen LogP contribution in [0.5, 0.6) is 11.5 Å². The van der Waals surface area contributed by atoms with Crippen molar-refractivity contribution in [3.63, 3.8) is 0 Å². The fourth-order valence-corrected chi connectivity index (χ4v) is 4.34. The van der Waals surface area contributed by atoms with E-state index < -0.39 is 18.0 Å². The zero-order valence-electron chi connectivity index (χ0n) is 18.8. The van der Waals surface area contributed by atoms with Crippen molar-refractivity contribution < 1.29 is 29.6 Å². The number of carbonyl (C=O) groups excluding carboxylic acids is 2. The van der Waals surface area contributed by atoms with E-state index in [9.17, 15) is 24.9 Å². The Labute approximate surface area is 193 Å². The molecule has 2 aromatic carbocycles. The number of Topliss-reactive ketones (excluding diaryl/α,β-unsaturated/α-hetero) is 1. The number of aliphatic hydroxyl groups excluding tert-OH is 1. The predicted molar refractivity (Wildman–Crippen MR) is 123 cm³/mol. The average Bonchev–Trinajstić information content (AvgIpc) is 2.74. The average molecular weight is 460 g/mol. The number of phenolic OH excluding ortho intramolecular Hbond substituents is 1. The fraction of sp³-hybridized carbons (Fsp3) is 0.440. The number of benzene rings is 2. The van der Waals surface area contributed by atoms with Crippen LogP contribution in [0.2, 0.25) is 0 Å². The van der Waals surface area contributed by atoms with Crippen LogP contribution in [0, 0.1) is 5.92 Å². The molecule has 0 saturated carbocycles. The van der Waals surface area contributed by atoms with E-state index in [1.54, 1.807) is 36.9 Å². The van der Waals surface area contributed by atoms with Crippen LogP contribution in [-0.2, 0) is 11.2 Å². The Balaban J connectivity index is 1.90. The van der Waals surface area contributed by atoms with E-state index in [1.807, 2.05) is 25.1 Å². The van der Waals surface area contributed by atoms with Crippen LogP contribution in [0.15, 0.2) is 41.3 Å². The van der Waals surface area contributed by atoms with E-state index >= 15 is 0 Å². The standard InChI is InChI=1S/C25H32O6S/c1-4-7-21-22(11-10-20(17(3)26)25(21)30)31-12-6-13-32-19-9-5-8-18(15-19)24(29)16(2)14-23(27)28/h5,8-11,15-16,24,29-30H,4,6-7,12-14H2,1-3H3,(H,27,28)/p-1. The van der Waals surface area contributed by atoms with Crippen molar-refractivity contribution in [1.82, 2.24) is 0 Å². The molecular weight excluding hydrogens is 428 g/mol. The van der Waals surface area contributed by atoms with Gasteiger partial charge in [0.1, 0.15) is 11.5 Å². The minimum atomic E-state index is -1.17. The van der Waals surface area contributed by atoms with Crippen LogP contribution in [-0.4, -0.2) is 34.3 Å². The van der Waals surface area contributed by atoms with Crippen molar-refractivity contribution >= 4 is 23.5 Å². The van der Waals surface area contributed by atoms with Crippen LogP contribution >= 0.6 is 11.8 Å². The molecule has 0 saturated heterocycles. The molecule has 0 heterocycles. The number of hydrogen-bond acceptors (Lipinski definition) is 7. The Morgan fingerprint density at radius 1 is 1.22 bits per heavy atom. The number of aliphatic carboxylic acids is 1. The molecule has 32 heavy (non-hydrogen) atoms. The van der Waals surface area contributed by atoms with Crippen molar-refractivity contribution in [1.29, 1.82) is 0 Å². The number of carboxylic acid groups (broad SMARTS) is 1. The SMILES string of the molecule is CCCc1c(OCCCSc2cccc(C(O)C(C)CC(=O)[O-])c2)ccc(C(C)=O)c1O. The topological polar surface area (TPSA) is 107 Å². The summed E-state index contributed by atoms with van der Waals surface area (Å²) in [7, 11) is 0. The Hall–Kier alpha value is -2.51. The van der Waals surface area contributed by atoms with Crippen LogP contribution in [0.3, 0.4) is 0 Å². The summed E-state index contributed by atoms with van der Waals surface area (Å²) >= 11 is 1.62. The Morgan fingerprint density at radius 3 is 2.62 bits per heavy atom. The lowest BCUT2D eigenvalue weighted by Crippen LogP contribution is -2.26.